The lowest BCUT2D eigenvalue weighted by Crippen LogP contribution is -2.18. The molecule has 4 nitrogen and oxygen atoms in total. The van der Waals surface area contributed by atoms with Gasteiger partial charge < -0.3 is 9.88 Å². The zero-order valence-electron chi connectivity index (χ0n) is 13.8. The zero-order chi connectivity index (χ0) is 17.1. The largest absolute Gasteiger partial charge is 0.336 e. The van der Waals surface area contributed by atoms with Crippen LogP contribution in [0.2, 0.25) is 0 Å². The van der Waals surface area contributed by atoms with Gasteiger partial charge in [0.25, 0.3) is 0 Å². The molecule has 0 aliphatic carbocycles. The van der Waals surface area contributed by atoms with Crippen molar-refractivity contribution in [2.45, 2.75) is 26.8 Å². The molecule has 0 bridgehead atoms. The summed E-state index contributed by atoms with van der Waals surface area (Å²) in [6, 6.07) is 15.9. The van der Waals surface area contributed by atoms with Gasteiger partial charge in [0.05, 0.1) is 11.1 Å². The van der Waals surface area contributed by atoms with Crippen molar-refractivity contribution in [3.05, 3.63) is 65.4 Å². The quantitative estimate of drug-likeness (QED) is 0.790. The van der Waals surface area contributed by atoms with Crippen LogP contribution in [-0.4, -0.2) is 10.5 Å². The number of nitrogens with one attached hydrogen (secondary N) is 1. The first-order chi connectivity index (χ1) is 11.6. The van der Waals surface area contributed by atoms with E-state index in [2.05, 4.69) is 18.3 Å². The number of para-hydroxylation sites is 1. The van der Waals surface area contributed by atoms with E-state index in [1.165, 1.54) is 0 Å². The minimum atomic E-state index is -0.104. The molecule has 120 valence electrons. The van der Waals surface area contributed by atoms with Gasteiger partial charge in [-0.3, -0.25) is 4.79 Å². The van der Waals surface area contributed by atoms with Crippen molar-refractivity contribution in [1.82, 2.24) is 4.57 Å². The molecule has 0 radical (unpaired) electrons. The lowest BCUT2D eigenvalue weighted by atomic mass is 10.1. The van der Waals surface area contributed by atoms with Crippen LogP contribution < -0.4 is 5.32 Å². The first-order valence-electron chi connectivity index (χ1n) is 7.99. The fraction of sp³-hybridized carbons (Fsp3) is 0.200. The first kappa shape index (κ1) is 15.8. The molecule has 0 aliphatic heterocycles. The van der Waals surface area contributed by atoms with Crippen molar-refractivity contribution in [2.24, 2.45) is 0 Å². The van der Waals surface area contributed by atoms with Gasteiger partial charge in [-0.15, -0.1) is 0 Å². The van der Waals surface area contributed by atoms with Gasteiger partial charge in [-0.25, -0.2) is 0 Å². The number of rotatable bonds is 4. The number of hydrogen-bond donors (Lipinski definition) is 1. The summed E-state index contributed by atoms with van der Waals surface area (Å²) in [5, 5.41) is 13.2. The van der Waals surface area contributed by atoms with E-state index in [9.17, 15) is 10.1 Å². The number of aryl methyl sites for hydroxylation is 2. The van der Waals surface area contributed by atoms with E-state index >= 15 is 0 Å². The van der Waals surface area contributed by atoms with Crippen LogP contribution in [-0.2, 0) is 17.8 Å². The molecule has 3 aromatic rings. The lowest BCUT2D eigenvalue weighted by molar-refractivity contribution is -0.116. The molecule has 3 rings (SSSR count). The van der Waals surface area contributed by atoms with E-state index in [1.807, 2.05) is 54.0 Å². The molecule has 0 fully saturated rings. The number of amides is 1. The highest BCUT2D eigenvalue weighted by atomic mass is 16.1. The number of benzene rings is 2. The monoisotopic (exact) mass is 317 g/mol. The Labute approximate surface area is 141 Å². The van der Waals surface area contributed by atoms with Crippen molar-refractivity contribution in [2.75, 3.05) is 5.32 Å². The Morgan fingerprint density at radius 1 is 1.25 bits per heavy atom. The third kappa shape index (κ3) is 3.02. The van der Waals surface area contributed by atoms with E-state index in [-0.39, 0.29) is 12.5 Å². The van der Waals surface area contributed by atoms with Crippen LogP contribution >= 0.6 is 0 Å². The maximum atomic E-state index is 12.4. The topological polar surface area (TPSA) is 57.8 Å². The fourth-order valence-electron chi connectivity index (χ4n) is 3.01. The summed E-state index contributed by atoms with van der Waals surface area (Å²) >= 11 is 0. The van der Waals surface area contributed by atoms with Gasteiger partial charge in [0.2, 0.25) is 5.91 Å². The van der Waals surface area contributed by atoms with E-state index in [4.69, 9.17) is 0 Å². The molecule has 0 saturated carbocycles. The van der Waals surface area contributed by atoms with Gasteiger partial charge in [-0.05, 0) is 36.6 Å². The summed E-state index contributed by atoms with van der Waals surface area (Å²) in [6.07, 6.45) is 2.62. The third-order valence-corrected chi connectivity index (χ3v) is 4.10. The number of carbonyl (C=O) groups is 1. The molecular formula is C20H19N3O. The maximum absolute atomic E-state index is 12.4. The molecular weight excluding hydrogens is 298 g/mol. The number of nitriles is 1. The normalized spacial score (nSPS) is 10.5. The molecule has 4 heteroatoms. The lowest BCUT2D eigenvalue weighted by Gasteiger charge is -2.10. The molecule has 0 atom stereocenters. The van der Waals surface area contributed by atoms with Crippen LogP contribution in [0.4, 0.5) is 5.69 Å². The third-order valence-electron chi connectivity index (χ3n) is 4.10. The predicted octanol–water partition coefficient (Wildman–Crippen LogP) is 4.02. The van der Waals surface area contributed by atoms with Crippen LogP contribution in [0.1, 0.15) is 23.6 Å². The maximum Gasteiger partial charge on any atom is 0.244 e. The van der Waals surface area contributed by atoms with E-state index in [1.54, 1.807) is 6.20 Å². The Hall–Kier alpha value is -3.06. The Balaban J connectivity index is 1.92. The number of carbonyl (C=O) groups excluding carboxylic acids is 1. The minimum absolute atomic E-state index is 0.104. The Bertz CT molecular complexity index is 947. The Morgan fingerprint density at radius 2 is 2.04 bits per heavy atom. The minimum Gasteiger partial charge on any atom is -0.336 e. The first-order valence-corrected chi connectivity index (χ1v) is 7.99. The summed E-state index contributed by atoms with van der Waals surface area (Å²) < 4.78 is 1.87. The summed E-state index contributed by atoms with van der Waals surface area (Å²) in [7, 11) is 0. The Morgan fingerprint density at radius 3 is 2.75 bits per heavy atom. The predicted molar refractivity (Wildman–Crippen MR) is 95.8 cm³/mol. The van der Waals surface area contributed by atoms with Crippen molar-refractivity contribution in [3.8, 4) is 6.07 Å². The second kappa shape index (κ2) is 6.59. The van der Waals surface area contributed by atoms with Gasteiger partial charge in [0.15, 0.2) is 0 Å². The molecule has 1 amide bonds. The van der Waals surface area contributed by atoms with Gasteiger partial charge in [-0.2, -0.15) is 5.26 Å². The van der Waals surface area contributed by atoms with Crippen molar-refractivity contribution >= 4 is 22.5 Å². The van der Waals surface area contributed by atoms with E-state index in [0.717, 1.165) is 34.1 Å². The van der Waals surface area contributed by atoms with Crippen molar-refractivity contribution in [1.29, 1.82) is 5.26 Å². The molecule has 0 aliphatic rings. The second-order valence-corrected chi connectivity index (χ2v) is 5.87. The van der Waals surface area contributed by atoms with Crippen LogP contribution in [0.25, 0.3) is 10.9 Å². The Kier molecular flexibility index (Phi) is 4.35. The average molecular weight is 317 g/mol. The zero-order valence-corrected chi connectivity index (χ0v) is 13.8. The number of fused-ring (bicyclic) bond motifs is 1. The molecule has 0 spiro atoms. The van der Waals surface area contributed by atoms with Gasteiger partial charge in [0.1, 0.15) is 12.6 Å². The van der Waals surface area contributed by atoms with Crippen molar-refractivity contribution < 1.29 is 4.79 Å². The highest BCUT2D eigenvalue weighted by Gasteiger charge is 2.13. The average Bonchev–Trinajstić information content (AvgIpc) is 2.92. The highest BCUT2D eigenvalue weighted by molar-refractivity contribution is 5.94. The molecule has 1 N–H and O–H groups in total. The van der Waals surface area contributed by atoms with E-state index < -0.39 is 0 Å². The smallest absolute Gasteiger partial charge is 0.244 e. The SMILES string of the molecule is CCc1cccc2c(C#N)cn(CC(=O)Nc3cccc(C)c3)c12. The summed E-state index contributed by atoms with van der Waals surface area (Å²) in [5.74, 6) is -0.104. The second-order valence-electron chi connectivity index (χ2n) is 5.87. The summed E-state index contributed by atoms with van der Waals surface area (Å²) in [5.41, 5.74) is 4.59. The molecule has 24 heavy (non-hydrogen) atoms. The number of aromatic nitrogens is 1. The molecule has 1 aromatic heterocycles. The summed E-state index contributed by atoms with van der Waals surface area (Å²) in [6.45, 7) is 4.25. The number of anilines is 1. The fourth-order valence-corrected chi connectivity index (χ4v) is 3.01. The van der Waals surface area contributed by atoms with Crippen LogP contribution in [0, 0.1) is 18.3 Å². The van der Waals surface area contributed by atoms with Gasteiger partial charge in [0, 0.05) is 17.3 Å². The van der Waals surface area contributed by atoms with Crippen LogP contribution in [0.3, 0.4) is 0 Å². The molecule has 0 unspecified atom stereocenters. The number of hydrogen-bond acceptors (Lipinski definition) is 2. The van der Waals surface area contributed by atoms with Crippen LogP contribution in [0.15, 0.2) is 48.7 Å². The summed E-state index contributed by atoms with van der Waals surface area (Å²) in [4.78, 5) is 12.4. The van der Waals surface area contributed by atoms with Crippen LogP contribution in [0.5, 0.6) is 0 Å². The van der Waals surface area contributed by atoms with Crippen molar-refractivity contribution in [3.63, 3.8) is 0 Å². The van der Waals surface area contributed by atoms with Gasteiger partial charge in [-0.1, -0.05) is 37.3 Å². The molecule has 2 aromatic carbocycles. The highest BCUT2D eigenvalue weighted by Crippen LogP contribution is 2.25. The molecule has 0 saturated heterocycles. The number of nitrogens with zero attached hydrogens (tertiary/aromatic N) is 2. The van der Waals surface area contributed by atoms with E-state index in [0.29, 0.717) is 5.56 Å². The molecule has 1 heterocycles. The van der Waals surface area contributed by atoms with Gasteiger partial charge >= 0.3 is 0 Å². The standard InChI is InChI=1S/C20H19N3O/c1-3-15-7-5-9-18-16(11-21)12-23(20(15)18)13-19(24)22-17-8-4-6-14(2)10-17/h4-10,12H,3,13H2,1-2H3,(H,22,24).